The maximum absolute atomic E-state index is 13.8. The van der Waals surface area contributed by atoms with E-state index in [1.54, 1.807) is 0 Å². The number of hydrogen-bond acceptors (Lipinski definition) is 6. The highest BCUT2D eigenvalue weighted by molar-refractivity contribution is 7.85. The number of carbonyl (C=O) groups is 4. The maximum atomic E-state index is 13.8. The molecule has 9 heteroatoms. The molecular weight excluding hydrogens is 470 g/mol. The molecule has 0 spiro atoms. The molecule has 1 amide bonds. The summed E-state index contributed by atoms with van der Waals surface area (Å²) in [5.41, 5.74) is -0.710. The van der Waals surface area contributed by atoms with Crippen molar-refractivity contribution >= 4 is 33.4 Å². The summed E-state index contributed by atoms with van der Waals surface area (Å²) >= 11 is 0. The molecule has 4 aliphatic carbocycles. The standard InChI is InChI=1S/C26H39NO7S/c1-15(4-7-23(31)27-10-11-35(32,33)34)18-5-6-19-24-20(14-22(30)26(18,19)3)25(2)9-8-17(28)12-16(25)13-21(24)29/h15-16,18-20,24H,4-14H2,1-3H3,(H,27,31)(H,32,33,34)/t15-,16+,18?,19+,20+,24+,25+,26-/m1/s1. The molecule has 0 radical (unpaired) electrons. The van der Waals surface area contributed by atoms with Crippen LogP contribution in [0.2, 0.25) is 0 Å². The lowest BCUT2D eigenvalue weighted by atomic mass is 9.44. The van der Waals surface area contributed by atoms with E-state index in [0.717, 1.165) is 19.3 Å². The van der Waals surface area contributed by atoms with Crippen LogP contribution in [-0.2, 0) is 29.3 Å². The maximum Gasteiger partial charge on any atom is 0.266 e. The first-order chi connectivity index (χ1) is 16.3. The van der Waals surface area contributed by atoms with Crippen LogP contribution in [0, 0.1) is 46.3 Å². The van der Waals surface area contributed by atoms with Crippen LogP contribution in [0.15, 0.2) is 0 Å². The van der Waals surface area contributed by atoms with Crippen LogP contribution >= 0.6 is 0 Å². The first-order valence-electron chi connectivity index (χ1n) is 13.1. The minimum absolute atomic E-state index is 0.0210. The Balaban J connectivity index is 1.45. The molecular formula is C26H39NO7S. The summed E-state index contributed by atoms with van der Waals surface area (Å²) in [6.07, 6.45) is 5.13. The van der Waals surface area contributed by atoms with Crippen LogP contribution in [0.1, 0.15) is 78.6 Å². The minimum atomic E-state index is -4.12. The normalized spacial score (nSPS) is 40.0. The lowest BCUT2D eigenvalue weighted by Gasteiger charge is -2.58. The van der Waals surface area contributed by atoms with Gasteiger partial charge in [0.2, 0.25) is 5.91 Å². The van der Waals surface area contributed by atoms with Crippen LogP contribution in [0.4, 0.5) is 0 Å². The van der Waals surface area contributed by atoms with Crippen molar-refractivity contribution in [2.24, 2.45) is 46.3 Å². The second-order valence-corrected chi connectivity index (χ2v) is 13.7. The van der Waals surface area contributed by atoms with Crippen molar-refractivity contribution < 1.29 is 32.1 Å². The van der Waals surface area contributed by atoms with Gasteiger partial charge in [-0.3, -0.25) is 23.7 Å². The summed E-state index contributed by atoms with van der Waals surface area (Å²) < 4.78 is 30.4. The number of nitrogens with one attached hydrogen (secondary N) is 1. The predicted octanol–water partition coefficient (Wildman–Crippen LogP) is 2.99. The van der Waals surface area contributed by atoms with Crippen molar-refractivity contribution in [3.05, 3.63) is 0 Å². The third-order valence-electron chi connectivity index (χ3n) is 10.4. The van der Waals surface area contributed by atoms with Gasteiger partial charge in [0.1, 0.15) is 17.3 Å². The number of amides is 1. The zero-order valence-electron chi connectivity index (χ0n) is 21.0. The van der Waals surface area contributed by atoms with Gasteiger partial charge in [-0.2, -0.15) is 8.42 Å². The Morgan fingerprint density at radius 1 is 1.11 bits per heavy atom. The average molecular weight is 510 g/mol. The molecule has 0 bridgehead atoms. The van der Waals surface area contributed by atoms with E-state index in [0.29, 0.717) is 32.1 Å². The fraction of sp³-hybridized carbons (Fsp3) is 0.846. The monoisotopic (exact) mass is 509 g/mol. The fourth-order valence-corrected chi connectivity index (χ4v) is 8.72. The van der Waals surface area contributed by atoms with Crippen LogP contribution < -0.4 is 5.32 Å². The number of ketones is 3. The summed E-state index contributed by atoms with van der Waals surface area (Å²) in [7, 11) is -4.12. The van der Waals surface area contributed by atoms with Crippen molar-refractivity contribution in [3.63, 3.8) is 0 Å². The molecule has 4 saturated carbocycles. The lowest BCUT2D eigenvalue weighted by Crippen LogP contribution is -2.60. The first kappa shape index (κ1) is 26.5. The molecule has 2 N–H and O–H groups in total. The molecule has 0 heterocycles. The van der Waals surface area contributed by atoms with Gasteiger partial charge in [-0.25, -0.2) is 0 Å². The molecule has 1 unspecified atom stereocenters. The Bertz CT molecular complexity index is 1020. The summed E-state index contributed by atoms with van der Waals surface area (Å²) in [6, 6.07) is 0. The van der Waals surface area contributed by atoms with Crippen molar-refractivity contribution in [2.45, 2.75) is 78.6 Å². The van der Waals surface area contributed by atoms with Crippen LogP contribution in [-0.4, -0.2) is 48.5 Å². The highest BCUT2D eigenvalue weighted by Gasteiger charge is 2.66. The number of fused-ring (bicyclic) bond motifs is 5. The first-order valence-corrected chi connectivity index (χ1v) is 14.7. The molecule has 0 aromatic carbocycles. The second kappa shape index (κ2) is 9.36. The Labute approximate surface area is 208 Å². The Morgan fingerprint density at radius 3 is 2.51 bits per heavy atom. The summed E-state index contributed by atoms with van der Waals surface area (Å²) in [4.78, 5) is 51.5. The SMILES string of the molecule is C[C@H](CCC(=O)NCCS(=O)(=O)O)C1CC[C@H]2[C@@H]3C(=O)C[C@@H]4CC(=O)CC[C@]4(C)[C@H]3CC(=O)[C@]12C. The highest BCUT2D eigenvalue weighted by atomic mass is 32.2. The van der Waals surface area contributed by atoms with E-state index in [2.05, 4.69) is 19.2 Å². The topological polar surface area (TPSA) is 135 Å². The molecule has 0 aromatic rings. The number of Topliss-reactive ketones (excluding diaryl/α,β-unsaturated/α-hetero) is 3. The summed E-state index contributed by atoms with van der Waals surface area (Å²) in [6.45, 7) is 6.18. The predicted molar refractivity (Wildman–Crippen MR) is 129 cm³/mol. The van der Waals surface area contributed by atoms with Crippen LogP contribution in [0.5, 0.6) is 0 Å². The van der Waals surface area contributed by atoms with E-state index < -0.39 is 21.3 Å². The highest BCUT2D eigenvalue weighted by Crippen LogP contribution is 2.66. The Morgan fingerprint density at radius 2 is 1.83 bits per heavy atom. The van der Waals surface area contributed by atoms with Gasteiger partial charge in [-0.15, -0.1) is 0 Å². The molecule has 0 saturated heterocycles. The van der Waals surface area contributed by atoms with Gasteiger partial charge < -0.3 is 5.32 Å². The van der Waals surface area contributed by atoms with Crippen molar-refractivity contribution in [2.75, 3.05) is 12.3 Å². The molecule has 8 atom stereocenters. The van der Waals surface area contributed by atoms with Gasteiger partial charge >= 0.3 is 0 Å². The number of carbonyl (C=O) groups excluding carboxylic acids is 4. The van der Waals surface area contributed by atoms with Gasteiger partial charge in [0.05, 0.1) is 5.75 Å². The van der Waals surface area contributed by atoms with E-state index in [1.807, 2.05) is 6.92 Å². The Hall–Kier alpha value is -1.61. The summed E-state index contributed by atoms with van der Waals surface area (Å²) in [5.74, 6) is 0.108. The zero-order chi connectivity index (χ0) is 25.8. The Kier molecular flexibility index (Phi) is 7.07. The molecule has 4 aliphatic rings. The van der Waals surface area contributed by atoms with Gasteiger partial charge in [0, 0.05) is 50.0 Å². The van der Waals surface area contributed by atoms with Gasteiger partial charge in [0.25, 0.3) is 10.1 Å². The molecule has 35 heavy (non-hydrogen) atoms. The van der Waals surface area contributed by atoms with E-state index in [-0.39, 0.29) is 77.1 Å². The smallest absolute Gasteiger partial charge is 0.266 e. The van der Waals surface area contributed by atoms with Crippen molar-refractivity contribution in [3.8, 4) is 0 Å². The van der Waals surface area contributed by atoms with E-state index in [1.165, 1.54) is 0 Å². The molecule has 0 aliphatic heterocycles. The fourth-order valence-electron chi connectivity index (χ4n) is 8.36. The lowest BCUT2D eigenvalue weighted by molar-refractivity contribution is -0.166. The molecule has 4 fully saturated rings. The van der Waals surface area contributed by atoms with Gasteiger partial charge in [0.15, 0.2) is 0 Å². The molecule has 8 nitrogen and oxygen atoms in total. The van der Waals surface area contributed by atoms with Gasteiger partial charge in [-0.1, -0.05) is 20.8 Å². The third kappa shape index (κ3) is 4.75. The third-order valence-corrected chi connectivity index (χ3v) is 11.1. The second-order valence-electron chi connectivity index (χ2n) is 12.1. The van der Waals surface area contributed by atoms with E-state index in [4.69, 9.17) is 4.55 Å². The largest absolute Gasteiger partial charge is 0.355 e. The van der Waals surface area contributed by atoms with Crippen LogP contribution in [0.3, 0.4) is 0 Å². The van der Waals surface area contributed by atoms with Crippen LogP contribution in [0.25, 0.3) is 0 Å². The quantitative estimate of drug-likeness (QED) is 0.504. The summed E-state index contributed by atoms with van der Waals surface area (Å²) in [5, 5.41) is 2.52. The van der Waals surface area contributed by atoms with Gasteiger partial charge in [-0.05, 0) is 60.7 Å². The minimum Gasteiger partial charge on any atom is -0.355 e. The van der Waals surface area contributed by atoms with Crippen molar-refractivity contribution in [1.82, 2.24) is 5.32 Å². The molecule has 0 aromatic heterocycles. The van der Waals surface area contributed by atoms with E-state index in [9.17, 15) is 27.6 Å². The van der Waals surface area contributed by atoms with E-state index >= 15 is 0 Å². The molecule has 4 rings (SSSR count). The zero-order valence-corrected chi connectivity index (χ0v) is 21.9. The molecule has 196 valence electrons. The number of hydrogen-bond donors (Lipinski definition) is 2. The number of rotatable bonds is 7. The van der Waals surface area contributed by atoms with Crippen molar-refractivity contribution in [1.29, 1.82) is 0 Å². The average Bonchev–Trinajstić information content (AvgIpc) is 3.12.